The third-order valence-corrected chi connectivity index (χ3v) is 3.08. The Morgan fingerprint density at radius 3 is 2.59 bits per heavy atom. The molecule has 0 saturated carbocycles. The molecule has 1 heterocycles. The average molecular weight is 242 g/mol. The standard InChI is InChI=1S/C14H10ClN2/c1-9-7-8-11-12(9)13(15)17-14(16-11)10-5-3-2-4-6-10/h2-8H,1H3. The smallest absolute Gasteiger partial charge is 0.161 e. The van der Waals surface area contributed by atoms with Gasteiger partial charge in [0.05, 0.1) is 5.69 Å². The lowest BCUT2D eigenvalue weighted by molar-refractivity contribution is 1.13. The van der Waals surface area contributed by atoms with Crippen LogP contribution in [0.15, 0.2) is 36.4 Å². The molecule has 0 amide bonds. The van der Waals surface area contributed by atoms with Gasteiger partial charge in [0.1, 0.15) is 5.15 Å². The molecule has 3 heteroatoms. The van der Waals surface area contributed by atoms with Gasteiger partial charge < -0.3 is 0 Å². The Hall–Kier alpha value is -1.67. The molecule has 0 N–H and O–H groups in total. The molecule has 17 heavy (non-hydrogen) atoms. The van der Waals surface area contributed by atoms with E-state index in [0.717, 1.165) is 22.4 Å². The summed E-state index contributed by atoms with van der Waals surface area (Å²) in [7, 11) is 0. The van der Waals surface area contributed by atoms with Gasteiger partial charge in [0.2, 0.25) is 0 Å². The summed E-state index contributed by atoms with van der Waals surface area (Å²) in [6.45, 7) is 2.01. The van der Waals surface area contributed by atoms with E-state index in [2.05, 4.69) is 9.97 Å². The predicted molar refractivity (Wildman–Crippen MR) is 69.5 cm³/mol. The first-order valence-electron chi connectivity index (χ1n) is 5.40. The van der Waals surface area contributed by atoms with Crippen LogP contribution in [0.3, 0.4) is 0 Å². The average Bonchev–Trinajstić information content (AvgIpc) is 2.73. The Morgan fingerprint density at radius 1 is 1.06 bits per heavy atom. The molecule has 0 saturated heterocycles. The molecule has 1 aromatic carbocycles. The molecule has 0 atom stereocenters. The Morgan fingerprint density at radius 2 is 1.82 bits per heavy atom. The van der Waals surface area contributed by atoms with Crippen molar-refractivity contribution in [3.63, 3.8) is 0 Å². The third-order valence-electron chi connectivity index (χ3n) is 2.81. The quantitative estimate of drug-likeness (QED) is 0.711. The molecule has 1 radical (unpaired) electrons. The second-order valence-corrected chi connectivity index (χ2v) is 4.34. The maximum atomic E-state index is 6.21. The van der Waals surface area contributed by atoms with Gasteiger partial charge in [-0.1, -0.05) is 48.0 Å². The fraction of sp³-hybridized carbons (Fsp3) is 0.0714. The Balaban J connectivity index is 2.15. The molecule has 2 aromatic rings. The van der Waals surface area contributed by atoms with Crippen LogP contribution < -0.4 is 0 Å². The fourth-order valence-corrected chi connectivity index (χ4v) is 2.26. The van der Waals surface area contributed by atoms with Crippen molar-refractivity contribution in [2.45, 2.75) is 6.92 Å². The van der Waals surface area contributed by atoms with Gasteiger partial charge in [0, 0.05) is 17.5 Å². The van der Waals surface area contributed by atoms with Crippen molar-refractivity contribution in [1.82, 2.24) is 9.97 Å². The number of allylic oxidation sites excluding steroid dienone is 2. The van der Waals surface area contributed by atoms with E-state index in [4.69, 9.17) is 11.6 Å². The Kier molecular flexibility index (Phi) is 2.45. The first-order chi connectivity index (χ1) is 8.25. The van der Waals surface area contributed by atoms with Crippen molar-refractivity contribution in [1.29, 1.82) is 0 Å². The molecular weight excluding hydrogens is 232 g/mol. The number of hydrogen-bond donors (Lipinski definition) is 0. The monoisotopic (exact) mass is 241 g/mol. The largest absolute Gasteiger partial charge is 0.232 e. The molecule has 0 bridgehead atoms. The highest BCUT2D eigenvalue weighted by molar-refractivity contribution is 6.31. The van der Waals surface area contributed by atoms with Crippen molar-refractivity contribution >= 4 is 17.2 Å². The van der Waals surface area contributed by atoms with E-state index in [1.165, 1.54) is 0 Å². The third kappa shape index (κ3) is 1.75. The van der Waals surface area contributed by atoms with Crippen LogP contribution >= 0.6 is 11.6 Å². The summed E-state index contributed by atoms with van der Waals surface area (Å²) in [6, 6.07) is 9.86. The SMILES string of the molecule is CC1=C[CH]c2nc(-c3ccccc3)nc(Cl)c21. The first kappa shape index (κ1) is 10.5. The van der Waals surface area contributed by atoms with Gasteiger partial charge >= 0.3 is 0 Å². The molecule has 3 rings (SSSR count). The highest BCUT2D eigenvalue weighted by Crippen LogP contribution is 2.33. The minimum atomic E-state index is 0.524. The Bertz CT molecular complexity index is 603. The first-order valence-corrected chi connectivity index (χ1v) is 5.78. The van der Waals surface area contributed by atoms with Crippen LogP contribution in [-0.4, -0.2) is 9.97 Å². The van der Waals surface area contributed by atoms with Crippen LogP contribution in [0.4, 0.5) is 0 Å². The molecule has 1 aliphatic carbocycles. The second-order valence-electron chi connectivity index (χ2n) is 3.98. The summed E-state index contributed by atoms with van der Waals surface area (Å²) in [4.78, 5) is 8.89. The zero-order valence-corrected chi connectivity index (χ0v) is 10.1. The summed E-state index contributed by atoms with van der Waals surface area (Å²) >= 11 is 6.21. The van der Waals surface area contributed by atoms with E-state index in [1.807, 2.05) is 49.8 Å². The molecule has 0 spiro atoms. The number of halogens is 1. The van der Waals surface area contributed by atoms with Crippen LogP contribution in [0.1, 0.15) is 18.2 Å². The number of benzene rings is 1. The van der Waals surface area contributed by atoms with E-state index < -0.39 is 0 Å². The summed E-state index contributed by atoms with van der Waals surface area (Å²) in [5.74, 6) is 0.675. The van der Waals surface area contributed by atoms with Gasteiger partial charge in [0.25, 0.3) is 0 Å². The maximum absolute atomic E-state index is 6.21. The lowest BCUT2D eigenvalue weighted by atomic mass is 10.1. The minimum Gasteiger partial charge on any atom is -0.232 e. The zero-order valence-electron chi connectivity index (χ0n) is 9.31. The van der Waals surface area contributed by atoms with Crippen LogP contribution in [0.2, 0.25) is 5.15 Å². The van der Waals surface area contributed by atoms with Crippen molar-refractivity contribution in [3.05, 3.63) is 59.2 Å². The minimum absolute atomic E-state index is 0.524. The lowest BCUT2D eigenvalue weighted by Crippen LogP contribution is -1.97. The zero-order chi connectivity index (χ0) is 11.8. The van der Waals surface area contributed by atoms with Gasteiger partial charge in [-0.3, -0.25) is 0 Å². The number of nitrogens with zero attached hydrogens (tertiary/aromatic N) is 2. The van der Waals surface area contributed by atoms with Gasteiger partial charge in [-0.05, 0) is 12.5 Å². The van der Waals surface area contributed by atoms with E-state index in [9.17, 15) is 0 Å². The van der Waals surface area contributed by atoms with Gasteiger partial charge in [-0.15, -0.1) is 0 Å². The number of fused-ring (bicyclic) bond motifs is 1. The molecule has 0 unspecified atom stereocenters. The molecule has 0 aliphatic heterocycles. The van der Waals surface area contributed by atoms with E-state index >= 15 is 0 Å². The van der Waals surface area contributed by atoms with Crippen molar-refractivity contribution in [3.8, 4) is 11.4 Å². The molecule has 83 valence electrons. The van der Waals surface area contributed by atoms with Gasteiger partial charge in [0.15, 0.2) is 5.82 Å². The molecule has 0 fully saturated rings. The second kappa shape index (κ2) is 3.97. The van der Waals surface area contributed by atoms with Crippen molar-refractivity contribution in [2.24, 2.45) is 0 Å². The summed E-state index contributed by atoms with van der Waals surface area (Å²) in [5.41, 5.74) is 3.95. The molecule has 1 aliphatic rings. The topological polar surface area (TPSA) is 25.8 Å². The van der Waals surface area contributed by atoms with Crippen LogP contribution in [-0.2, 0) is 0 Å². The van der Waals surface area contributed by atoms with Crippen LogP contribution in [0, 0.1) is 6.42 Å². The number of hydrogen-bond acceptors (Lipinski definition) is 2. The molecule has 2 nitrogen and oxygen atoms in total. The Labute approximate surface area is 105 Å². The van der Waals surface area contributed by atoms with Gasteiger partial charge in [-0.2, -0.15) is 0 Å². The summed E-state index contributed by atoms with van der Waals surface area (Å²) < 4.78 is 0. The molecule has 1 aromatic heterocycles. The van der Waals surface area contributed by atoms with E-state index in [0.29, 0.717) is 11.0 Å². The summed E-state index contributed by atoms with van der Waals surface area (Å²) in [5, 5.41) is 0.524. The van der Waals surface area contributed by atoms with E-state index in [-0.39, 0.29) is 0 Å². The predicted octanol–water partition coefficient (Wildman–Crippen LogP) is 3.77. The van der Waals surface area contributed by atoms with Crippen molar-refractivity contribution in [2.75, 3.05) is 0 Å². The normalized spacial score (nSPS) is 13.4. The van der Waals surface area contributed by atoms with Crippen LogP contribution in [0.25, 0.3) is 17.0 Å². The van der Waals surface area contributed by atoms with E-state index in [1.54, 1.807) is 0 Å². The fourth-order valence-electron chi connectivity index (χ4n) is 1.94. The summed E-state index contributed by atoms with van der Waals surface area (Å²) in [6.07, 6.45) is 3.99. The lowest BCUT2D eigenvalue weighted by Gasteiger charge is -2.06. The highest BCUT2D eigenvalue weighted by Gasteiger charge is 2.19. The molecular formula is C14H10ClN2. The van der Waals surface area contributed by atoms with Crippen molar-refractivity contribution < 1.29 is 0 Å². The van der Waals surface area contributed by atoms with Crippen LogP contribution in [0.5, 0.6) is 0 Å². The maximum Gasteiger partial charge on any atom is 0.161 e. The highest BCUT2D eigenvalue weighted by atomic mass is 35.5. The number of rotatable bonds is 1. The van der Waals surface area contributed by atoms with Gasteiger partial charge in [-0.25, -0.2) is 9.97 Å². The number of aromatic nitrogens is 2.